The lowest BCUT2D eigenvalue weighted by atomic mass is 9.54. The molecule has 0 nitrogen and oxygen atoms in total. The maximum atomic E-state index is 4.14. The summed E-state index contributed by atoms with van der Waals surface area (Å²) in [5, 5.41) is 0. The van der Waals surface area contributed by atoms with Gasteiger partial charge in [-0.1, -0.05) is 61.9 Å². The summed E-state index contributed by atoms with van der Waals surface area (Å²) in [4.78, 5) is 0. The van der Waals surface area contributed by atoms with Crippen LogP contribution >= 0.6 is 0 Å². The van der Waals surface area contributed by atoms with E-state index in [9.17, 15) is 0 Å². The second-order valence-electron chi connectivity index (χ2n) is 5.95. The Morgan fingerprint density at radius 2 is 1.53 bits per heavy atom. The van der Waals surface area contributed by atoms with E-state index in [0.29, 0.717) is 5.92 Å². The molecule has 2 aromatic rings. The van der Waals surface area contributed by atoms with Gasteiger partial charge in [-0.25, -0.2) is 0 Å². The van der Waals surface area contributed by atoms with E-state index >= 15 is 0 Å². The average Bonchev–Trinajstić information content (AvgIpc) is 2.49. The summed E-state index contributed by atoms with van der Waals surface area (Å²) in [5.74, 6) is 0.624. The van der Waals surface area contributed by atoms with E-state index in [4.69, 9.17) is 0 Å². The van der Waals surface area contributed by atoms with E-state index in [2.05, 4.69) is 55.5 Å². The zero-order valence-electron chi connectivity index (χ0n) is 11.2. The van der Waals surface area contributed by atoms with Crippen LogP contribution in [0.3, 0.4) is 0 Å². The Morgan fingerprint density at radius 3 is 2.11 bits per heavy atom. The third-order valence-electron chi connectivity index (χ3n) is 5.17. The average molecular weight is 247 g/mol. The summed E-state index contributed by atoms with van der Waals surface area (Å²) in [5.41, 5.74) is 6.54. The Bertz CT molecular complexity index is 576. The van der Waals surface area contributed by atoms with Crippen LogP contribution in [0.15, 0.2) is 48.5 Å². The fourth-order valence-corrected chi connectivity index (χ4v) is 4.45. The van der Waals surface area contributed by atoms with E-state index in [-0.39, 0.29) is 5.41 Å². The van der Waals surface area contributed by atoms with Crippen molar-refractivity contribution in [3.8, 4) is 0 Å². The summed E-state index contributed by atoms with van der Waals surface area (Å²) < 4.78 is 0. The van der Waals surface area contributed by atoms with E-state index in [1.165, 1.54) is 19.3 Å². The van der Waals surface area contributed by atoms with Crippen molar-refractivity contribution >= 4 is 0 Å². The minimum atomic E-state index is 0.240. The van der Waals surface area contributed by atoms with Crippen molar-refractivity contribution in [3.63, 3.8) is 0 Å². The number of benzene rings is 2. The van der Waals surface area contributed by atoms with Crippen LogP contribution in [0.4, 0.5) is 0 Å². The molecule has 0 unspecified atom stereocenters. The summed E-state index contributed by atoms with van der Waals surface area (Å²) >= 11 is 0. The van der Waals surface area contributed by atoms with Crippen molar-refractivity contribution in [1.29, 1.82) is 0 Å². The maximum Gasteiger partial charge on any atom is 0.0209 e. The van der Waals surface area contributed by atoms with Crippen molar-refractivity contribution in [2.45, 2.75) is 37.0 Å². The van der Waals surface area contributed by atoms with E-state index in [1.807, 2.05) is 0 Å². The van der Waals surface area contributed by atoms with Gasteiger partial charge in [0.25, 0.3) is 0 Å². The molecule has 0 saturated carbocycles. The van der Waals surface area contributed by atoms with Crippen LogP contribution in [-0.2, 0) is 5.41 Å². The summed E-state index contributed by atoms with van der Waals surface area (Å²) in [6.07, 6.45) is 4.77. The van der Waals surface area contributed by atoms with Crippen molar-refractivity contribution in [1.82, 2.24) is 0 Å². The van der Waals surface area contributed by atoms with Crippen molar-refractivity contribution < 1.29 is 0 Å². The van der Waals surface area contributed by atoms with Crippen LogP contribution in [0.1, 0.15) is 53.9 Å². The smallest absolute Gasteiger partial charge is 0.0209 e. The van der Waals surface area contributed by atoms with Crippen molar-refractivity contribution in [2.24, 2.45) is 0 Å². The molecule has 5 rings (SSSR count). The highest BCUT2D eigenvalue weighted by molar-refractivity contribution is 5.58. The molecule has 2 aromatic carbocycles. The highest BCUT2D eigenvalue weighted by Gasteiger charge is 2.46. The second kappa shape index (κ2) is 3.96. The zero-order valence-corrected chi connectivity index (χ0v) is 11.2. The molecule has 1 radical (unpaired) electrons. The SMILES string of the molecule is [CH2]CCC12CCC(c3ccccc31)c1ccccc12. The highest BCUT2D eigenvalue weighted by Crippen LogP contribution is 2.57. The molecule has 3 aliphatic rings. The van der Waals surface area contributed by atoms with Gasteiger partial charge in [0.05, 0.1) is 0 Å². The van der Waals surface area contributed by atoms with Gasteiger partial charge in [-0.05, 0) is 41.5 Å². The lowest BCUT2D eigenvalue weighted by molar-refractivity contribution is 0.352. The highest BCUT2D eigenvalue weighted by atomic mass is 14.5. The number of fused-ring (bicyclic) bond motifs is 1. The monoisotopic (exact) mass is 247 g/mol. The van der Waals surface area contributed by atoms with E-state index in [1.54, 1.807) is 22.3 Å². The molecule has 3 aliphatic carbocycles. The largest absolute Gasteiger partial charge is 0.0620 e. The normalized spacial score (nSPS) is 26.9. The molecular weight excluding hydrogens is 228 g/mol. The van der Waals surface area contributed by atoms with E-state index in [0.717, 1.165) is 6.42 Å². The molecule has 0 heterocycles. The number of hydrogen-bond donors (Lipinski definition) is 0. The summed E-state index contributed by atoms with van der Waals surface area (Å²) in [6, 6.07) is 18.2. The molecule has 0 heteroatoms. The fraction of sp³-hybridized carbons (Fsp3) is 0.316. The van der Waals surface area contributed by atoms with Crippen LogP contribution in [0.5, 0.6) is 0 Å². The van der Waals surface area contributed by atoms with Gasteiger partial charge in [-0.3, -0.25) is 0 Å². The van der Waals surface area contributed by atoms with Crippen LogP contribution < -0.4 is 0 Å². The molecular formula is C19H19. The molecule has 95 valence electrons. The predicted octanol–water partition coefficient (Wildman–Crippen LogP) is 4.83. The van der Waals surface area contributed by atoms with Gasteiger partial charge < -0.3 is 0 Å². The molecule has 0 amide bonds. The summed E-state index contributed by atoms with van der Waals surface area (Å²) in [6.45, 7) is 4.14. The number of rotatable bonds is 2. The Labute approximate surface area is 115 Å². The predicted molar refractivity (Wildman–Crippen MR) is 79.3 cm³/mol. The van der Waals surface area contributed by atoms with Crippen molar-refractivity contribution in [3.05, 3.63) is 77.7 Å². The first-order valence-corrected chi connectivity index (χ1v) is 7.35. The van der Waals surface area contributed by atoms with Gasteiger partial charge in [0, 0.05) is 11.3 Å². The van der Waals surface area contributed by atoms with Crippen molar-refractivity contribution in [2.75, 3.05) is 0 Å². The molecule has 0 saturated heterocycles. The number of hydrogen-bond acceptors (Lipinski definition) is 0. The van der Waals surface area contributed by atoms with E-state index < -0.39 is 0 Å². The standard InChI is InChI=1S/C19H19/c1-2-12-19-13-11-14(15-7-3-5-9-17(15)19)16-8-4-6-10-18(16)19/h3-10,14H,1-2,11-13H2. The Kier molecular flexibility index (Phi) is 2.35. The second-order valence-corrected chi connectivity index (χ2v) is 5.95. The fourth-order valence-electron chi connectivity index (χ4n) is 4.45. The Balaban J connectivity index is 2.04. The minimum Gasteiger partial charge on any atom is -0.0620 e. The van der Waals surface area contributed by atoms with Crippen LogP contribution in [0, 0.1) is 6.92 Å². The molecule has 0 aromatic heterocycles. The molecule has 0 spiro atoms. The first kappa shape index (κ1) is 11.3. The Hall–Kier alpha value is -1.56. The molecule has 0 atom stereocenters. The molecule has 0 N–H and O–H groups in total. The summed E-state index contributed by atoms with van der Waals surface area (Å²) in [7, 11) is 0. The molecule has 0 fully saturated rings. The molecule has 0 aliphatic heterocycles. The quantitative estimate of drug-likeness (QED) is 0.713. The lowest BCUT2D eigenvalue weighted by Crippen LogP contribution is -2.40. The van der Waals surface area contributed by atoms with Gasteiger partial charge >= 0.3 is 0 Å². The first-order valence-electron chi connectivity index (χ1n) is 7.35. The van der Waals surface area contributed by atoms with Gasteiger partial charge in [0.1, 0.15) is 0 Å². The van der Waals surface area contributed by atoms with Crippen LogP contribution in [-0.4, -0.2) is 0 Å². The maximum absolute atomic E-state index is 4.14. The van der Waals surface area contributed by atoms with Gasteiger partial charge in [-0.2, -0.15) is 0 Å². The first-order chi connectivity index (χ1) is 9.37. The topological polar surface area (TPSA) is 0 Å². The van der Waals surface area contributed by atoms with Gasteiger partial charge in [0.15, 0.2) is 0 Å². The van der Waals surface area contributed by atoms with Crippen LogP contribution in [0.2, 0.25) is 0 Å². The van der Waals surface area contributed by atoms with Gasteiger partial charge in [-0.15, -0.1) is 0 Å². The van der Waals surface area contributed by atoms with Crippen LogP contribution in [0.25, 0.3) is 0 Å². The molecule has 2 bridgehead atoms. The third kappa shape index (κ3) is 1.35. The Morgan fingerprint density at radius 1 is 0.947 bits per heavy atom. The molecule has 19 heavy (non-hydrogen) atoms. The van der Waals surface area contributed by atoms with Gasteiger partial charge in [0.2, 0.25) is 0 Å². The minimum absolute atomic E-state index is 0.240. The zero-order chi connectivity index (χ0) is 12.9. The lowest BCUT2D eigenvalue weighted by Gasteiger charge is -2.49. The third-order valence-corrected chi connectivity index (χ3v) is 5.17.